The van der Waals surface area contributed by atoms with Crippen molar-refractivity contribution < 1.29 is 9.26 Å². The third-order valence-corrected chi connectivity index (χ3v) is 4.19. The van der Waals surface area contributed by atoms with Gasteiger partial charge in [0, 0.05) is 7.11 Å². The van der Waals surface area contributed by atoms with Gasteiger partial charge in [-0.25, -0.2) is 0 Å². The first-order chi connectivity index (χ1) is 8.29. The van der Waals surface area contributed by atoms with Crippen LogP contribution < -0.4 is 5.32 Å². The van der Waals surface area contributed by atoms with Crippen LogP contribution in [0.25, 0.3) is 0 Å². The first-order valence-electron chi connectivity index (χ1n) is 6.39. The van der Waals surface area contributed by atoms with Crippen LogP contribution in [0.4, 0.5) is 0 Å². The van der Waals surface area contributed by atoms with Crippen LogP contribution in [0.3, 0.4) is 0 Å². The van der Waals surface area contributed by atoms with Gasteiger partial charge in [-0.3, -0.25) is 0 Å². The maximum absolute atomic E-state index is 5.38. The number of aromatic nitrogens is 2. The van der Waals surface area contributed by atoms with Crippen molar-refractivity contribution in [2.75, 3.05) is 13.7 Å². The summed E-state index contributed by atoms with van der Waals surface area (Å²) in [5.74, 6) is 2.86. The number of nitrogens with zero attached hydrogens (tertiary/aromatic N) is 2. The molecule has 2 heterocycles. The minimum absolute atomic E-state index is 0.103. The zero-order chi connectivity index (χ0) is 11.8. The van der Waals surface area contributed by atoms with Crippen molar-refractivity contribution in [1.29, 1.82) is 0 Å². The van der Waals surface area contributed by atoms with Crippen molar-refractivity contribution >= 4 is 0 Å². The summed E-state index contributed by atoms with van der Waals surface area (Å²) in [5.41, 5.74) is 0. The molecule has 4 unspecified atom stereocenters. The molecule has 1 N–H and O–H groups in total. The molecule has 1 saturated heterocycles. The highest BCUT2D eigenvalue weighted by Crippen LogP contribution is 2.43. The molecule has 1 aromatic rings. The van der Waals surface area contributed by atoms with Crippen molar-refractivity contribution in [2.24, 2.45) is 11.8 Å². The fourth-order valence-corrected chi connectivity index (χ4v) is 3.10. The van der Waals surface area contributed by atoms with Gasteiger partial charge in [0.05, 0.1) is 6.04 Å². The number of methoxy groups -OCH3 is 1. The molecule has 5 heteroatoms. The number of ether oxygens (including phenoxy) is 1. The number of fused-ring (bicyclic) bond motifs is 1. The van der Waals surface area contributed by atoms with Gasteiger partial charge in [-0.05, 0) is 38.1 Å². The van der Waals surface area contributed by atoms with E-state index in [-0.39, 0.29) is 12.1 Å². The molecule has 1 aliphatic carbocycles. The second kappa shape index (κ2) is 4.38. The van der Waals surface area contributed by atoms with E-state index in [1.54, 1.807) is 7.11 Å². The Morgan fingerprint density at radius 1 is 1.47 bits per heavy atom. The van der Waals surface area contributed by atoms with Crippen LogP contribution in [0.2, 0.25) is 0 Å². The van der Waals surface area contributed by atoms with Crippen molar-refractivity contribution in [3.8, 4) is 0 Å². The van der Waals surface area contributed by atoms with Crippen LogP contribution in [0.15, 0.2) is 4.52 Å². The Balaban J connectivity index is 1.78. The smallest absolute Gasteiger partial charge is 0.244 e. The maximum atomic E-state index is 5.38. The molecule has 5 nitrogen and oxygen atoms in total. The van der Waals surface area contributed by atoms with Crippen LogP contribution in [-0.2, 0) is 4.74 Å². The lowest BCUT2D eigenvalue weighted by Gasteiger charge is -2.13. The van der Waals surface area contributed by atoms with Gasteiger partial charge < -0.3 is 14.6 Å². The first kappa shape index (κ1) is 11.2. The second-order valence-corrected chi connectivity index (χ2v) is 5.11. The van der Waals surface area contributed by atoms with Gasteiger partial charge in [0.1, 0.15) is 6.10 Å². The standard InChI is InChI=1S/C12H19N3O2/c1-7(16-2)11-14-12(17-15-11)10-9-5-3-4-8(9)6-13-10/h7-10,13H,3-6H2,1-2H3. The molecular formula is C12H19N3O2. The summed E-state index contributed by atoms with van der Waals surface area (Å²) >= 11 is 0. The quantitative estimate of drug-likeness (QED) is 0.869. The summed E-state index contributed by atoms with van der Waals surface area (Å²) < 4.78 is 10.6. The SMILES string of the molecule is COC(C)c1noc(C2NCC3CCCC32)n1. The molecule has 1 saturated carbocycles. The Hall–Kier alpha value is -0.940. The molecule has 4 atom stereocenters. The average Bonchev–Trinajstić information content (AvgIpc) is 3.02. The molecule has 3 rings (SSSR count). The summed E-state index contributed by atoms with van der Waals surface area (Å²) in [6.45, 7) is 3.02. The van der Waals surface area contributed by atoms with E-state index in [2.05, 4.69) is 15.5 Å². The normalized spacial score (nSPS) is 33.9. The summed E-state index contributed by atoms with van der Waals surface area (Å²) in [7, 11) is 1.65. The fraction of sp³-hybridized carbons (Fsp3) is 0.833. The van der Waals surface area contributed by atoms with Gasteiger partial charge >= 0.3 is 0 Å². The second-order valence-electron chi connectivity index (χ2n) is 5.11. The molecule has 2 aliphatic rings. The van der Waals surface area contributed by atoms with Gasteiger partial charge in [0.15, 0.2) is 5.82 Å². The molecule has 94 valence electrons. The molecular weight excluding hydrogens is 218 g/mol. The van der Waals surface area contributed by atoms with Crippen LogP contribution >= 0.6 is 0 Å². The molecule has 17 heavy (non-hydrogen) atoms. The van der Waals surface area contributed by atoms with Gasteiger partial charge in [0.25, 0.3) is 0 Å². The fourth-order valence-electron chi connectivity index (χ4n) is 3.10. The van der Waals surface area contributed by atoms with Crippen molar-refractivity contribution in [2.45, 2.75) is 38.3 Å². The third kappa shape index (κ3) is 1.87. The van der Waals surface area contributed by atoms with Gasteiger partial charge in [-0.1, -0.05) is 11.6 Å². The minimum atomic E-state index is -0.103. The predicted molar refractivity (Wildman–Crippen MR) is 61.3 cm³/mol. The summed E-state index contributed by atoms with van der Waals surface area (Å²) in [6, 6.07) is 0.257. The molecule has 1 aliphatic heterocycles. The van der Waals surface area contributed by atoms with Gasteiger partial charge in [0.2, 0.25) is 5.89 Å². The average molecular weight is 237 g/mol. The largest absolute Gasteiger partial charge is 0.374 e. The van der Waals surface area contributed by atoms with E-state index in [1.807, 2.05) is 6.92 Å². The zero-order valence-electron chi connectivity index (χ0n) is 10.3. The highest BCUT2D eigenvalue weighted by atomic mass is 16.5. The monoisotopic (exact) mass is 237 g/mol. The first-order valence-corrected chi connectivity index (χ1v) is 6.39. The van der Waals surface area contributed by atoms with Crippen molar-refractivity contribution in [1.82, 2.24) is 15.5 Å². The van der Waals surface area contributed by atoms with Crippen LogP contribution in [-0.4, -0.2) is 23.8 Å². The Morgan fingerprint density at radius 3 is 3.18 bits per heavy atom. The summed E-state index contributed by atoms with van der Waals surface area (Å²) in [6.07, 6.45) is 3.85. The van der Waals surface area contributed by atoms with E-state index in [1.165, 1.54) is 19.3 Å². The van der Waals surface area contributed by atoms with E-state index < -0.39 is 0 Å². The van der Waals surface area contributed by atoms with Crippen molar-refractivity contribution in [3.63, 3.8) is 0 Å². The Kier molecular flexibility index (Phi) is 2.88. The van der Waals surface area contributed by atoms with Gasteiger partial charge in [-0.15, -0.1) is 0 Å². The molecule has 0 bridgehead atoms. The van der Waals surface area contributed by atoms with Gasteiger partial charge in [-0.2, -0.15) is 4.98 Å². The lowest BCUT2D eigenvalue weighted by atomic mass is 9.94. The lowest BCUT2D eigenvalue weighted by Crippen LogP contribution is -2.18. The van der Waals surface area contributed by atoms with E-state index >= 15 is 0 Å². The van der Waals surface area contributed by atoms with E-state index in [0.29, 0.717) is 11.7 Å². The molecule has 2 fully saturated rings. The summed E-state index contributed by atoms with van der Waals surface area (Å²) in [5, 5.41) is 7.50. The Morgan fingerprint density at radius 2 is 2.35 bits per heavy atom. The molecule has 0 amide bonds. The Bertz CT molecular complexity index is 393. The summed E-state index contributed by atoms with van der Waals surface area (Å²) in [4.78, 5) is 4.46. The zero-order valence-corrected chi connectivity index (χ0v) is 10.3. The lowest BCUT2D eigenvalue weighted by molar-refractivity contribution is 0.109. The maximum Gasteiger partial charge on any atom is 0.244 e. The number of rotatable bonds is 3. The number of hydrogen-bond acceptors (Lipinski definition) is 5. The number of nitrogens with one attached hydrogen (secondary N) is 1. The van der Waals surface area contributed by atoms with Crippen LogP contribution in [0.1, 0.15) is 50.0 Å². The molecule has 0 spiro atoms. The van der Waals surface area contributed by atoms with E-state index in [0.717, 1.165) is 18.4 Å². The van der Waals surface area contributed by atoms with Crippen LogP contribution in [0.5, 0.6) is 0 Å². The number of hydrogen-bond donors (Lipinski definition) is 1. The molecule has 1 aromatic heterocycles. The van der Waals surface area contributed by atoms with Crippen molar-refractivity contribution in [3.05, 3.63) is 11.7 Å². The third-order valence-electron chi connectivity index (χ3n) is 4.19. The van der Waals surface area contributed by atoms with E-state index in [9.17, 15) is 0 Å². The predicted octanol–water partition coefficient (Wildman–Crippen LogP) is 1.84. The van der Waals surface area contributed by atoms with Crippen LogP contribution in [0, 0.1) is 11.8 Å². The molecule has 0 radical (unpaired) electrons. The van der Waals surface area contributed by atoms with E-state index in [4.69, 9.17) is 9.26 Å². The topological polar surface area (TPSA) is 60.2 Å². The minimum Gasteiger partial charge on any atom is -0.374 e. The Labute approximate surface area is 101 Å². The highest BCUT2D eigenvalue weighted by Gasteiger charge is 2.42. The highest BCUT2D eigenvalue weighted by molar-refractivity contribution is 5.04. The molecule has 0 aromatic carbocycles.